The lowest BCUT2D eigenvalue weighted by atomic mass is 10.0. The zero-order chi connectivity index (χ0) is 19.8. The summed E-state index contributed by atoms with van der Waals surface area (Å²) in [6, 6.07) is 0. The molecule has 7 heteroatoms. The molecule has 28 heavy (non-hydrogen) atoms. The molecule has 0 unspecified atom stereocenters. The molecular formula is C21H30N6O. The van der Waals surface area contributed by atoms with Gasteiger partial charge >= 0.3 is 0 Å². The highest BCUT2D eigenvalue weighted by molar-refractivity contribution is 5.76. The van der Waals surface area contributed by atoms with E-state index in [9.17, 15) is 4.79 Å². The summed E-state index contributed by atoms with van der Waals surface area (Å²) in [6.45, 7) is 10.3. The second-order valence-electron chi connectivity index (χ2n) is 8.28. The first-order valence-electron chi connectivity index (χ1n) is 10.2. The predicted molar refractivity (Wildman–Crippen MR) is 107 cm³/mol. The molecule has 0 aromatic carbocycles. The Hall–Kier alpha value is -2.28. The van der Waals surface area contributed by atoms with Crippen molar-refractivity contribution in [2.45, 2.75) is 59.0 Å². The molecular weight excluding hydrogens is 352 g/mol. The lowest BCUT2D eigenvalue weighted by molar-refractivity contribution is -0.132. The van der Waals surface area contributed by atoms with E-state index in [0.29, 0.717) is 25.4 Å². The van der Waals surface area contributed by atoms with Crippen LogP contribution in [0.3, 0.4) is 0 Å². The topological polar surface area (TPSA) is 67.2 Å². The second-order valence-corrected chi connectivity index (χ2v) is 8.28. The third kappa shape index (κ3) is 3.68. The van der Waals surface area contributed by atoms with Crippen LogP contribution in [0.4, 0.5) is 0 Å². The number of likely N-dealkylation sites (N-methyl/N-ethyl adjacent to an activating group) is 1. The van der Waals surface area contributed by atoms with Crippen molar-refractivity contribution in [2.75, 3.05) is 26.7 Å². The van der Waals surface area contributed by atoms with E-state index in [0.717, 1.165) is 60.9 Å². The van der Waals surface area contributed by atoms with Crippen molar-refractivity contribution < 1.29 is 4.79 Å². The zero-order valence-electron chi connectivity index (χ0n) is 17.4. The zero-order valence-corrected chi connectivity index (χ0v) is 17.4. The number of fused-ring (bicyclic) bond motifs is 1. The maximum atomic E-state index is 12.7. The third-order valence-corrected chi connectivity index (χ3v) is 6.34. The highest BCUT2D eigenvalue weighted by Crippen LogP contribution is 2.25. The Morgan fingerprint density at radius 3 is 2.75 bits per heavy atom. The molecule has 150 valence electrons. The molecule has 0 aliphatic carbocycles. The number of aromatic nitrogens is 4. The highest BCUT2D eigenvalue weighted by atomic mass is 16.2. The van der Waals surface area contributed by atoms with Crippen molar-refractivity contribution in [3.8, 4) is 0 Å². The van der Waals surface area contributed by atoms with Crippen LogP contribution < -0.4 is 0 Å². The maximum absolute atomic E-state index is 12.7. The molecule has 1 fully saturated rings. The van der Waals surface area contributed by atoms with E-state index in [4.69, 9.17) is 4.98 Å². The monoisotopic (exact) mass is 382 g/mol. The van der Waals surface area contributed by atoms with Gasteiger partial charge in [0.1, 0.15) is 5.82 Å². The highest BCUT2D eigenvalue weighted by Gasteiger charge is 2.27. The van der Waals surface area contributed by atoms with Crippen LogP contribution in [0.25, 0.3) is 0 Å². The van der Waals surface area contributed by atoms with E-state index >= 15 is 0 Å². The van der Waals surface area contributed by atoms with Crippen LogP contribution >= 0.6 is 0 Å². The van der Waals surface area contributed by atoms with Gasteiger partial charge in [-0.1, -0.05) is 0 Å². The fraction of sp³-hybridized carbons (Fsp3) is 0.619. The minimum atomic E-state index is 0.178. The lowest BCUT2D eigenvalue weighted by Crippen LogP contribution is -2.37. The maximum Gasteiger partial charge on any atom is 0.224 e. The molecule has 2 aromatic heterocycles. The molecule has 4 rings (SSSR count). The molecule has 0 saturated carbocycles. The average Bonchev–Trinajstić information content (AvgIpc) is 3.24. The Morgan fingerprint density at radius 2 is 2.07 bits per heavy atom. The summed E-state index contributed by atoms with van der Waals surface area (Å²) in [4.78, 5) is 26.5. The Bertz CT molecular complexity index is 889. The first-order valence-corrected chi connectivity index (χ1v) is 10.2. The first-order chi connectivity index (χ1) is 13.4. The minimum Gasteiger partial charge on any atom is -0.338 e. The van der Waals surface area contributed by atoms with Crippen LogP contribution in [0.1, 0.15) is 52.8 Å². The Labute approximate surface area is 166 Å². The molecule has 2 aliphatic rings. The van der Waals surface area contributed by atoms with E-state index in [1.165, 1.54) is 5.56 Å². The van der Waals surface area contributed by atoms with Crippen LogP contribution in [0.2, 0.25) is 0 Å². The molecule has 0 N–H and O–H groups in total. The normalized spacial score (nSPS) is 19.9. The molecule has 4 heterocycles. The molecule has 2 aliphatic heterocycles. The lowest BCUT2D eigenvalue weighted by Gasteiger charge is -2.28. The average molecular weight is 383 g/mol. The van der Waals surface area contributed by atoms with E-state index in [1.807, 2.05) is 22.7 Å². The smallest absolute Gasteiger partial charge is 0.224 e. The summed E-state index contributed by atoms with van der Waals surface area (Å²) in [5, 5.41) is 4.54. The van der Waals surface area contributed by atoms with Gasteiger partial charge in [-0.05, 0) is 46.3 Å². The molecule has 7 nitrogen and oxygen atoms in total. The Morgan fingerprint density at radius 1 is 1.25 bits per heavy atom. The van der Waals surface area contributed by atoms with Gasteiger partial charge in [0, 0.05) is 62.4 Å². The number of hydrogen-bond acceptors (Lipinski definition) is 5. The number of amides is 1. The molecule has 0 spiro atoms. The standard InChI is InChI=1S/C21H30N6O/c1-14-15(2)24-27(16(14)3)10-7-20(28)26-9-6-19-18(13-26)11-22-21(23-19)17-5-8-25(4)12-17/h11,17H,5-10,12-13H2,1-4H3/t17-/m1/s1. The van der Waals surface area contributed by atoms with Crippen molar-refractivity contribution in [3.05, 3.63) is 40.2 Å². The van der Waals surface area contributed by atoms with Crippen LogP contribution in [-0.2, 0) is 24.3 Å². The van der Waals surface area contributed by atoms with E-state index in [2.05, 4.69) is 35.9 Å². The fourth-order valence-electron chi connectivity index (χ4n) is 4.25. The molecule has 2 aromatic rings. The summed E-state index contributed by atoms with van der Waals surface area (Å²) in [5.74, 6) is 1.60. The van der Waals surface area contributed by atoms with E-state index < -0.39 is 0 Å². The van der Waals surface area contributed by atoms with Crippen molar-refractivity contribution in [2.24, 2.45) is 0 Å². The van der Waals surface area contributed by atoms with Gasteiger partial charge in [0.25, 0.3) is 0 Å². The van der Waals surface area contributed by atoms with Crippen LogP contribution in [0.5, 0.6) is 0 Å². The summed E-state index contributed by atoms with van der Waals surface area (Å²) in [5.41, 5.74) is 5.61. The van der Waals surface area contributed by atoms with Gasteiger partial charge in [-0.2, -0.15) is 5.10 Å². The Kier molecular flexibility index (Phi) is 5.19. The summed E-state index contributed by atoms with van der Waals surface area (Å²) in [6.07, 6.45) is 4.37. The number of likely N-dealkylation sites (tertiary alicyclic amines) is 1. The van der Waals surface area contributed by atoms with Crippen LogP contribution in [0.15, 0.2) is 6.20 Å². The van der Waals surface area contributed by atoms with Gasteiger partial charge in [-0.3, -0.25) is 9.48 Å². The fourth-order valence-corrected chi connectivity index (χ4v) is 4.25. The van der Waals surface area contributed by atoms with Crippen LogP contribution in [-0.4, -0.2) is 62.1 Å². The van der Waals surface area contributed by atoms with Gasteiger partial charge in [0.2, 0.25) is 5.91 Å². The number of hydrogen-bond donors (Lipinski definition) is 0. The summed E-state index contributed by atoms with van der Waals surface area (Å²) in [7, 11) is 2.15. The summed E-state index contributed by atoms with van der Waals surface area (Å²) >= 11 is 0. The van der Waals surface area contributed by atoms with Crippen molar-refractivity contribution >= 4 is 5.91 Å². The number of carbonyl (C=O) groups excluding carboxylic acids is 1. The summed E-state index contributed by atoms with van der Waals surface area (Å²) < 4.78 is 1.95. The number of nitrogens with zero attached hydrogens (tertiary/aromatic N) is 6. The number of aryl methyl sites for hydroxylation is 2. The SMILES string of the molecule is Cc1nn(CCC(=O)N2CCc3nc([C@@H]4CCN(C)C4)ncc3C2)c(C)c1C. The third-order valence-electron chi connectivity index (χ3n) is 6.34. The quantitative estimate of drug-likeness (QED) is 0.809. The first kappa shape index (κ1) is 19.1. The Balaban J connectivity index is 1.38. The number of carbonyl (C=O) groups is 1. The van der Waals surface area contributed by atoms with Gasteiger partial charge in [-0.25, -0.2) is 9.97 Å². The van der Waals surface area contributed by atoms with E-state index in [-0.39, 0.29) is 5.91 Å². The van der Waals surface area contributed by atoms with Crippen molar-refractivity contribution in [3.63, 3.8) is 0 Å². The minimum absolute atomic E-state index is 0.178. The second kappa shape index (κ2) is 7.62. The van der Waals surface area contributed by atoms with E-state index in [1.54, 1.807) is 0 Å². The number of rotatable bonds is 4. The van der Waals surface area contributed by atoms with Gasteiger partial charge < -0.3 is 9.80 Å². The largest absolute Gasteiger partial charge is 0.338 e. The molecule has 1 atom stereocenters. The molecule has 1 saturated heterocycles. The molecule has 0 bridgehead atoms. The molecule has 0 radical (unpaired) electrons. The van der Waals surface area contributed by atoms with Crippen molar-refractivity contribution in [1.29, 1.82) is 0 Å². The van der Waals surface area contributed by atoms with Crippen LogP contribution in [0, 0.1) is 20.8 Å². The molecule has 1 amide bonds. The van der Waals surface area contributed by atoms with Gasteiger partial charge in [0.15, 0.2) is 0 Å². The predicted octanol–water partition coefficient (Wildman–Crippen LogP) is 1.99. The van der Waals surface area contributed by atoms with Crippen molar-refractivity contribution in [1.82, 2.24) is 29.5 Å². The van der Waals surface area contributed by atoms with Gasteiger partial charge in [0.05, 0.1) is 11.4 Å². The van der Waals surface area contributed by atoms with Gasteiger partial charge in [-0.15, -0.1) is 0 Å².